The first kappa shape index (κ1) is 17.1. The van der Waals surface area contributed by atoms with E-state index >= 15 is 0 Å². The Morgan fingerprint density at radius 2 is 2.04 bits per heavy atom. The average molecular weight is 339 g/mol. The van der Waals surface area contributed by atoms with Gasteiger partial charge in [-0.1, -0.05) is 30.8 Å². The second-order valence-electron chi connectivity index (χ2n) is 4.61. The number of nitrogens with zero attached hydrogens (tertiary/aromatic N) is 2. The predicted molar refractivity (Wildman–Crippen MR) is 85.0 cm³/mol. The molecule has 0 aliphatic heterocycles. The summed E-state index contributed by atoms with van der Waals surface area (Å²) >= 11 is 0.352. The molecule has 0 atom stereocenters. The SMILES string of the molecule is CCCn1nc(C(=O)Nc2ccccc2SC(F)F)ccc1=O. The van der Waals surface area contributed by atoms with Gasteiger partial charge in [0.15, 0.2) is 0 Å². The van der Waals surface area contributed by atoms with Crippen LogP contribution in [-0.4, -0.2) is 21.4 Å². The summed E-state index contributed by atoms with van der Waals surface area (Å²) < 4.78 is 26.3. The van der Waals surface area contributed by atoms with Crippen LogP contribution in [0.2, 0.25) is 0 Å². The second kappa shape index (κ2) is 7.87. The zero-order chi connectivity index (χ0) is 16.8. The van der Waals surface area contributed by atoms with Crippen molar-refractivity contribution in [2.75, 3.05) is 5.32 Å². The maximum absolute atomic E-state index is 12.5. The molecule has 2 aromatic rings. The van der Waals surface area contributed by atoms with Gasteiger partial charge in [-0.3, -0.25) is 9.59 Å². The van der Waals surface area contributed by atoms with Crippen LogP contribution >= 0.6 is 11.8 Å². The molecule has 1 aromatic carbocycles. The topological polar surface area (TPSA) is 64.0 Å². The highest BCUT2D eigenvalue weighted by Crippen LogP contribution is 2.31. The summed E-state index contributed by atoms with van der Waals surface area (Å²) in [4.78, 5) is 24.1. The van der Waals surface area contributed by atoms with Gasteiger partial charge in [-0.2, -0.15) is 13.9 Å². The number of nitrogens with one attached hydrogen (secondary N) is 1. The summed E-state index contributed by atoms with van der Waals surface area (Å²) in [6, 6.07) is 8.85. The number of hydrogen-bond donors (Lipinski definition) is 1. The highest BCUT2D eigenvalue weighted by Gasteiger charge is 2.14. The number of carbonyl (C=O) groups is 1. The molecule has 0 saturated carbocycles. The summed E-state index contributed by atoms with van der Waals surface area (Å²) in [7, 11) is 0. The van der Waals surface area contributed by atoms with Crippen LogP contribution in [0.4, 0.5) is 14.5 Å². The molecule has 122 valence electrons. The molecule has 0 radical (unpaired) electrons. The van der Waals surface area contributed by atoms with Gasteiger partial charge in [0.25, 0.3) is 17.2 Å². The van der Waals surface area contributed by atoms with Crippen molar-refractivity contribution in [1.29, 1.82) is 0 Å². The Kier molecular flexibility index (Phi) is 5.86. The lowest BCUT2D eigenvalue weighted by atomic mass is 10.3. The van der Waals surface area contributed by atoms with E-state index in [1.54, 1.807) is 12.1 Å². The fourth-order valence-corrected chi connectivity index (χ4v) is 2.49. The Morgan fingerprint density at radius 3 is 2.74 bits per heavy atom. The minimum Gasteiger partial charge on any atom is -0.320 e. The van der Waals surface area contributed by atoms with Gasteiger partial charge in [0, 0.05) is 17.5 Å². The fraction of sp³-hybridized carbons (Fsp3) is 0.267. The molecule has 0 bridgehead atoms. The molecule has 1 amide bonds. The van der Waals surface area contributed by atoms with Gasteiger partial charge in [0.05, 0.1) is 5.69 Å². The molecule has 0 aliphatic carbocycles. The Labute approximate surface area is 135 Å². The summed E-state index contributed by atoms with van der Waals surface area (Å²) in [6.45, 7) is 2.29. The van der Waals surface area contributed by atoms with Crippen molar-refractivity contribution in [2.45, 2.75) is 30.5 Å². The van der Waals surface area contributed by atoms with Gasteiger partial charge in [-0.05, 0) is 24.6 Å². The lowest BCUT2D eigenvalue weighted by molar-refractivity contribution is 0.101. The Morgan fingerprint density at radius 1 is 1.30 bits per heavy atom. The highest BCUT2D eigenvalue weighted by atomic mass is 32.2. The van der Waals surface area contributed by atoms with Crippen LogP contribution in [0.5, 0.6) is 0 Å². The molecule has 1 aromatic heterocycles. The summed E-state index contributed by atoms with van der Waals surface area (Å²) in [6.07, 6.45) is 0.700. The molecule has 0 saturated heterocycles. The molecule has 0 aliphatic rings. The van der Waals surface area contributed by atoms with Crippen LogP contribution in [0.15, 0.2) is 46.1 Å². The van der Waals surface area contributed by atoms with Gasteiger partial charge in [0.1, 0.15) is 5.69 Å². The smallest absolute Gasteiger partial charge is 0.288 e. The Bertz CT molecular complexity index is 749. The van der Waals surface area contributed by atoms with Crippen molar-refractivity contribution in [1.82, 2.24) is 9.78 Å². The standard InChI is InChI=1S/C15H15F2N3O2S/c1-2-9-20-13(21)8-7-11(19-20)14(22)18-10-5-3-4-6-12(10)23-15(16)17/h3-8,15H,2,9H2,1H3,(H,18,22). The van der Waals surface area contributed by atoms with E-state index in [0.29, 0.717) is 24.7 Å². The quantitative estimate of drug-likeness (QED) is 0.821. The zero-order valence-electron chi connectivity index (χ0n) is 12.3. The number of thioether (sulfide) groups is 1. The van der Waals surface area contributed by atoms with Gasteiger partial charge < -0.3 is 5.32 Å². The molecule has 0 unspecified atom stereocenters. The molecule has 1 heterocycles. The summed E-state index contributed by atoms with van der Waals surface area (Å²) in [5.41, 5.74) is 0.0322. The minimum absolute atomic E-state index is 0.0508. The monoisotopic (exact) mass is 339 g/mol. The molecule has 2 rings (SSSR count). The Balaban J connectivity index is 2.23. The molecular formula is C15H15F2N3O2S. The number of aryl methyl sites for hydroxylation is 1. The molecule has 0 spiro atoms. The molecule has 8 heteroatoms. The number of para-hydroxylation sites is 1. The van der Waals surface area contributed by atoms with Crippen LogP contribution in [0.3, 0.4) is 0 Å². The van der Waals surface area contributed by atoms with E-state index in [2.05, 4.69) is 10.4 Å². The molecule has 5 nitrogen and oxygen atoms in total. The predicted octanol–water partition coefficient (Wildman–Crippen LogP) is 3.22. The first-order valence-corrected chi connectivity index (χ1v) is 7.82. The molecular weight excluding hydrogens is 324 g/mol. The van der Waals surface area contributed by atoms with Gasteiger partial charge in [-0.25, -0.2) is 4.68 Å². The summed E-state index contributed by atoms with van der Waals surface area (Å²) in [5.74, 6) is -3.14. The highest BCUT2D eigenvalue weighted by molar-refractivity contribution is 7.99. The second-order valence-corrected chi connectivity index (χ2v) is 5.64. The lowest BCUT2D eigenvalue weighted by Crippen LogP contribution is -2.26. The third kappa shape index (κ3) is 4.62. The van der Waals surface area contributed by atoms with Crippen molar-refractivity contribution < 1.29 is 13.6 Å². The number of alkyl halides is 2. The Hall–Kier alpha value is -2.22. The van der Waals surface area contributed by atoms with Crippen molar-refractivity contribution >= 4 is 23.4 Å². The van der Waals surface area contributed by atoms with Crippen LogP contribution in [0.1, 0.15) is 23.8 Å². The third-order valence-corrected chi connectivity index (χ3v) is 3.67. The van der Waals surface area contributed by atoms with Crippen molar-refractivity contribution in [2.24, 2.45) is 0 Å². The number of halogens is 2. The number of rotatable bonds is 6. The molecule has 23 heavy (non-hydrogen) atoms. The van der Waals surface area contributed by atoms with E-state index in [4.69, 9.17) is 0 Å². The number of anilines is 1. The molecule has 1 N–H and O–H groups in total. The van der Waals surface area contributed by atoms with Crippen LogP contribution in [0, 0.1) is 0 Å². The van der Waals surface area contributed by atoms with Crippen LogP contribution in [0.25, 0.3) is 0 Å². The zero-order valence-corrected chi connectivity index (χ0v) is 13.1. The van der Waals surface area contributed by atoms with Crippen molar-refractivity contribution in [3.63, 3.8) is 0 Å². The number of carbonyl (C=O) groups excluding carboxylic acids is 1. The lowest BCUT2D eigenvalue weighted by Gasteiger charge is -2.10. The summed E-state index contributed by atoms with van der Waals surface area (Å²) in [5, 5.41) is 6.54. The van der Waals surface area contributed by atoms with Gasteiger partial charge in [0.2, 0.25) is 0 Å². The van der Waals surface area contributed by atoms with Crippen molar-refractivity contribution in [3.8, 4) is 0 Å². The normalized spacial score (nSPS) is 10.8. The first-order valence-electron chi connectivity index (χ1n) is 6.94. The molecule has 0 fully saturated rings. The van der Waals surface area contributed by atoms with E-state index in [9.17, 15) is 18.4 Å². The van der Waals surface area contributed by atoms with Crippen LogP contribution < -0.4 is 10.9 Å². The van der Waals surface area contributed by atoms with E-state index < -0.39 is 11.7 Å². The maximum Gasteiger partial charge on any atom is 0.288 e. The fourth-order valence-electron chi connectivity index (χ4n) is 1.90. The number of aromatic nitrogens is 2. The average Bonchev–Trinajstić information content (AvgIpc) is 2.51. The van der Waals surface area contributed by atoms with Gasteiger partial charge in [-0.15, -0.1) is 0 Å². The van der Waals surface area contributed by atoms with E-state index in [0.717, 1.165) is 0 Å². The van der Waals surface area contributed by atoms with E-state index in [1.165, 1.54) is 28.9 Å². The van der Waals surface area contributed by atoms with Crippen molar-refractivity contribution in [3.05, 3.63) is 52.4 Å². The van der Waals surface area contributed by atoms with Crippen LogP contribution in [-0.2, 0) is 6.54 Å². The number of hydrogen-bond acceptors (Lipinski definition) is 4. The van der Waals surface area contributed by atoms with E-state index in [-0.39, 0.29) is 21.8 Å². The third-order valence-electron chi connectivity index (χ3n) is 2.89. The number of benzene rings is 1. The minimum atomic E-state index is -2.59. The van der Waals surface area contributed by atoms with Gasteiger partial charge >= 0.3 is 0 Å². The largest absolute Gasteiger partial charge is 0.320 e. The first-order chi connectivity index (χ1) is 11.0. The van der Waals surface area contributed by atoms with E-state index in [1.807, 2.05) is 6.92 Å². The number of amides is 1. The maximum atomic E-state index is 12.5.